The van der Waals surface area contributed by atoms with Gasteiger partial charge in [0.2, 0.25) is 0 Å². The van der Waals surface area contributed by atoms with Crippen LogP contribution in [0, 0.1) is 0 Å². The Morgan fingerprint density at radius 1 is 1.62 bits per heavy atom. The molecule has 2 aromatic rings. The zero-order chi connectivity index (χ0) is 9.52. The van der Waals surface area contributed by atoms with Crippen molar-refractivity contribution in [3.8, 4) is 0 Å². The minimum atomic E-state index is -1.07. The maximum absolute atomic E-state index is 9.94. The van der Waals surface area contributed by atoms with Gasteiger partial charge in [-0.15, -0.1) is 0 Å². The Morgan fingerprint density at radius 3 is 2.69 bits per heavy atom. The van der Waals surface area contributed by atoms with E-state index in [-0.39, 0.29) is 5.69 Å². The fourth-order valence-corrected chi connectivity index (χ4v) is 0.538. The molecule has 0 unspecified atom stereocenters. The Hall–Kier alpha value is -2.11. The lowest BCUT2D eigenvalue weighted by Gasteiger charge is -1.75. The number of nitrogens with one attached hydrogen (secondary N) is 1. The number of H-pyrrole nitrogens is 1. The highest BCUT2D eigenvalue weighted by Crippen LogP contribution is 1.91. The molecule has 6 heteroatoms. The number of nitrogens with zero attached hydrogens (tertiary/aromatic N) is 2. The van der Waals surface area contributed by atoms with Crippen molar-refractivity contribution in [2.24, 2.45) is 0 Å². The maximum atomic E-state index is 9.94. The van der Waals surface area contributed by atoms with Crippen molar-refractivity contribution >= 4 is 5.97 Å². The molecule has 0 radical (unpaired) electrons. The zero-order valence-corrected chi connectivity index (χ0v) is 6.54. The number of aromatic carboxylic acids is 1. The minimum absolute atomic E-state index is 0.0648. The first-order valence-electron chi connectivity index (χ1n) is 3.37. The fourth-order valence-electron chi connectivity index (χ4n) is 0.538. The summed E-state index contributed by atoms with van der Waals surface area (Å²) in [6, 6.07) is 1.28. The van der Waals surface area contributed by atoms with E-state index in [1.165, 1.54) is 12.3 Å². The van der Waals surface area contributed by atoms with Crippen molar-refractivity contribution in [2.45, 2.75) is 0 Å². The van der Waals surface area contributed by atoms with Gasteiger partial charge in [-0.25, -0.2) is 9.78 Å². The molecule has 68 valence electrons. The number of carboxylic acids is 1. The summed E-state index contributed by atoms with van der Waals surface area (Å²) in [6.45, 7) is 0. The van der Waals surface area contributed by atoms with Crippen LogP contribution in [0.4, 0.5) is 0 Å². The van der Waals surface area contributed by atoms with E-state index in [1.54, 1.807) is 18.7 Å². The molecule has 2 rings (SSSR count). The van der Waals surface area contributed by atoms with E-state index in [0.717, 1.165) is 0 Å². The van der Waals surface area contributed by atoms with Gasteiger partial charge < -0.3 is 14.6 Å². The molecular formula is C7H7N3O3. The Balaban J connectivity index is 0.000000145. The average Bonchev–Trinajstić information content (AvgIpc) is 2.82. The minimum Gasteiger partial charge on any atom is -0.476 e. The third kappa shape index (κ3) is 3.19. The normalized spacial score (nSPS) is 8.62. The van der Waals surface area contributed by atoms with Crippen LogP contribution in [0.1, 0.15) is 10.5 Å². The lowest BCUT2D eigenvalue weighted by Crippen LogP contribution is -1.94. The van der Waals surface area contributed by atoms with E-state index >= 15 is 0 Å². The molecule has 0 atom stereocenters. The Labute approximate surface area is 73.2 Å². The highest BCUT2D eigenvalue weighted by molar-refractivity contribution is 5.84. The van der Waals surface area contributed by atoms with Crippen LogP contribution in [0.15, 0.2) is 35.6 Å². The van der Waals surface area contributed by atoms with Gasteiger partial charge in [-0.1, -0.05) is 5.16 Å². The number of hydrogen-bond acceptors (Lipinski definition) is 4. The van der Waals surface area contributed by atoms with Crippen molar-refractivity contribution in [3.05, 3.63) is 36.7 Å². The van der Waals surface area contributed by atoms with Gasteiger partial charge in [0.15, 0.2) is 5.69 Å². The maximum Gasteiger partial charge on any atom is 0.358 e. The standard InChI is InChI=1S/C4H3NO3.C3H4N2/c6-4(7)3-1-2-8-5-3;1-2-5-3-4-1/h1-2H,(H,6,7);1-3H,(H,4,5). The summed E-state index contributed by atoms with van der Waals surface area (Å²) in [6.07, 6.45) is 6.30. The third-order valence-electron chi connectivity index (χ3n) is 1.06. The van der Waals surface area contributed by atoms with Crippen LogP contribution in [0.3, 0.4) is 0 Å². The van der Waals surface area contributed by atoms with Crippen molar-refractivity contribution < 1.29 is 14.4 Å². The van der Waals surface area contributed by atoms with Crippen molar-refractivity contribution in [3.63, 3.8) is 0 Å². The van der Waals surface area contributed by atoms with Gasteiger partial charge in [0.1, 0.15) is 6.26 Å². The molecule has 0 saturated carbocycles. The monoisotopic (exact) mass is 181 g/mol. The smallest absolute Gasteiger partial charge is 0.358 e. The Morgan fingerprint density at radius 2 is 2.46 bits per heavy atom. The summed E-state index contributed by atoms with van der Waals surface area (Å²) in [5.41, 5.74) is -0.0648. The summed E-state index contributed by atoms with van der Waals surface area (Å²) in [7, 11) is 0. The number of aromatic amines is 1. The SMILES string of the molecule is O=C(O)c1ccon1.c1c[nH]cn1. The van der Waals surface area contributed by atoms with Crippen LogP contribution in [0.5, 0.6) is 0 Å². The number of rotatable bonds is 1. The fraction of sp³-hybridized carbons (Fsp3) is 0. The first-order valence-corrected chi connectivity index (χ1v) is 3.37. The van der Waals surface area contributed by atoms with E-state index in [1.807, 2.05) is 0 Å². The molecule has 0 aliphatic rings. The molecule has 0 fully saturated rings. The lowest BCUT2D eigenvalue weighted by atomic mass is 10.5. The highest BCUT2D eigenvalue weighted by Gasteiger charge is 2.02. The molecule has 0 aromatic carbocycles. The van der Waals surface area contributed by atoms with E-state index in [4.69, 9.17) is 5.11 Å². The van der Waals surface area contributed by atoms with E-state index in [9.17, 15) is 4.79 Å². The van der Waals surface area contributed by atoms with Gasteiger partial charge in [0.25, 0.3) is 0 Å². The number of carboxylic acid groups (broad SMARTS) is 1. The van der Waals surface area contributed by atoms with E-state index in [0.29, 0.717) is 0 Å². The molecule has 0 bridgehead atoms. The van der Waals surface area contributed by atoms with Crippen LogP contribution in [0.2, 0.25) is 0 Å². The lowest BCUT2D eigenvalue weighted by molar-refractivity contribution is 0.0685. The van der Waals surface area contributed by atoms with Crippen LogP contribution in [-0.4, -0.2) is 26.2 Å². The van der Waals surface area contributed by atoms with Crippen LogP contribution in [0.25, 0.3) is 0 Å². The first-order chi connectivity index (χ1) is 6.30. The van der Waals surface area contributed by atoms with Gasteiger partial charge in [-0.3, -0.25) is 0 Å². The van der Waals surface area contributed by atoms with Crippen molar-refractivity contribution in [1.29, 1.82) is 0 Å². The number of hydrogen-bond donors (Lipinski definition) is 2. The zero-order valence-electron chi connectivity index (χ0n) is 6.54. The molecule has 13 heavy (non-hydrogen) atoms. The molecule has 6 nitrogen and oxygen atoms in total. The van der Waals surface area contributed by atoms with Gasteiger partial charge in [-0.2, -0.15) is 0 Å². The average molecular weight is 181 g/mol. The summed E-state index contributed by atoms with van der Waals surface area (Å²) in [5.74, 6) is -1.07. The molecule has 2 aromatic heterocycles. The molecule has 0 amide bonds. The predicted octanol–water partition coefficient (Wildman–Crippen LogP) is 0.782. The summed E-state index contributed by atoms with van der Waals surface area (Å²) in [5, 5.41) is 11.3. The van der Waals surface area contributed by atoms with Gasteiger partial charge >= 0.3 is 5.97 Å². The quantitative estimate of drug-likeness (QED) is 0.678. The molecule has 0 aliphatic carbocycles. The van der Waals surface area contributed by atoms with Crippen molar-refractivity contribution in [2.75, 3.05) is 0 Å². The third-order valence-corrected chi connectivity index (χ3v) is 1.06. The van der Waals surface area contributed by atoms with Crippen molar-refractivity contribution in [1.82, 2.24) is 15.1 Å². The second kappa shape index (κ2) is 4.70. The summed E-state index contributed by atoms with van der Waals surface area (Å²) in [4.78, 5) is 16.4. The van der Waals surface area contributed by atoms with Gasteiger partial charge in [0.05, 0.1) is 6.33 Å². The number of aromatic nitrogens is 3. The largest absolute Gasteiger partial charge is 0.476 e. The highest BCUT2D eigenvalue weighted by atomic mass is 16.5. The number of carbonyl (C=O) groups is 1. The second-order valence-electron chi connectivity index (χ2n) is 1.95. The van der Waals surface area contributed by atoms with Crippen LogP contribution in [-0.2, 0) is 0 Å². The van der Waals surface area contributed by atoms with E-state index < -0.39 is 5.97 Å². The molecule has 0 aliphatic heterocycles. The molecule has 0 spiro atoms. The second-order valence-corrected chi connectivity index (χ2v) is 1.95. The summed E-state index contributed by atoms with van der Waals surface area (Å²) >= 11 is 0. The summed E-state index contributed by atoms with van der Waals surface area (Å²) < 4.78 is 4.24. The molecular weight excluding hydrogens is 174 g/mol. The molecule has 0 saturated heterocycles. The first kappa shape index (κ1) is 8.98. The Kier molecular flexibility index (Phi) is 3.25. The topological polar surface area (TPSA) is 92.0 Å². The molecule has 2 heterocycles. The Bertz CT molecular complexity index is 311. The molecule has 2 N–H and O–H groups in total. The van der Waals surface area contributed by atoms with Gasteiger partial charge in [0, 0.05) is 18.5 Å². The van der Waals surface area contributed by atoms with Crippen LogP contribution >= 0.6 is 0 Å². The van der Waals surface area contributed by atoms with Gasteiger partial charge in [-0.05, 0) is 0 Å². The predicted molar refractivity (Wildman–Crippen MR) is 42.1 cm³/mol. The van der Waals surface area contributed by atoms with Crippen LogP contribution < -0.4 is 0 Å². The van der Waals surface area contributed by atoms with E-state index in [2.05, 4.69) is 19.6 Å². The number of imidazole rings is 1.